The zero-order valence-corrected chi connectivity index (χ0v) is 18.9. The molecule has 1 atom stereocenters. The predicted molar refractivity (Wildman–Crippen MR) is 123 cm³/mol. The molecule has 1 heterocycles. The first kappa shape index (κ1) is 21.0. The maximum Gasteiger partial charge on any atom is 0.282 e. The van der Waals surface area contributed by atoms with Gasteiger partial charge in [-0.15, -0.1) is 0 Å². The molecule has 29 heavy (non-hydrogen) atoms. The van der Waals surface area contributed by atoms with E-state index < -0.39 is 0 Å². The van der Waals surface area contributed by atoms with Crippen LogP contribution in [0.1, 0.15) is 37.6 Å². The van der Waals surface area contributed by atoms with Crippen LogP contribution in [0.25, 0.3) is 10.9 Å². The van der Waals surface area contributed by atoms with Crippen LogP contribution in [-0.2, 0) is 0 Å². The molecule has 3 aromatic rings. The third-order valence-corrected chi connectivity index (χ3v) is 5.43. The Bertz CT molecular complexity index is 1120. The lowest BCUT2D eigenvalue weighted by Crippen LogP contribution is -2.23. The van der Waals surface area contributed by atoms with E-state index in [2.05, 4.69) is 28.0 Å². The van der Waals surface area contributed by atoms with E-state index in [1.807, 2.05) is 56.3 Å². The molecular weight excluding hydrogens is 432 g/mol. The fourth-order valence-corrected chi connectivity index (χ4v) is 3.34. The van der Waals surface area contributed by atoms with Gasteiger partial charge in [-0.25, -0.2) is 4.98 Å². The lowest BCUT2D eigenvalue weighted by Gasteiger charge is -2.15. The van der Waals surface area contributed by atoms with E-state index in [0.717, 1.165) is 22.1 Å². The SMILES string of the molecule is CC[C@H](C)c1nc2ccc(Br)cc2c(=O)n1N=Cc1ccc(N(C)C)cc1OC. The van der Waals surface area contributed by atoms with Gasteiger partial charge in [0.05, 0.1) is 24.2 Å². The highest BCUT2D eigenvalue weighted by Gasteiger charge is 2.16. The molecule has 0 unspecified atom stereocenters. The van der Waals surface area contributed by atoms with Crippen LogP contribution in [0.2, 0.25) is 0 Å². The summed E-state index contributed by atoms with van der Waals surface area (Å²) in [5.74, 6) is 1.42. The highest BCUT2D eigenvalue weighted by Crippen LogP contribution is 2.24. The smallest absolute Gasteiger partial charge is 0.282 e. The minimum atomic E-state index is -0.188. The number of hydrogen-bond donors (Lipinski definition) is 0. The highest BCUT2D eigenvalue weighted by molar-refractivity contribution is 9.10. The Morgan fingerprint density at radius 3 is 2.69 bits per heavy atom. The first-order chi connectivity index (χ1) is 13.8. The summed E-state index contributed by atoms with van der Waals surface area (Å²) in [5, 5.41) is 5.04. The fourth-order valence-electron chi connectivity index (χ4n) is 2.98. The average Bonchev–Trinajstić information content (AvgIpc) is 2.72. The van der Waals surface area contributed by atoms with E-state index in [-0.39, 0.29) is 11.5 Å². The number of rotatable bonds is 6. The van der Waals surface area contributed by atoms with Gasteiger partial charge in [0.2, 0.25) is 0 Å². The second-order valence-electron chi connectivity index (χ2n) is 7.12. The van der Waals surface area contributed by atoms with Gasteiger partial charge in [-0.2, -0.15) is 9.78 Å². The zero-order valence-electron chi connectivity index (χ0n) is 17.3. The van der Waals surface area contributed by atoms with Crippen LogP contribution in [0.5, 0.6) is 5.75 Å². The monoisotopic (exact) mass is 456 g/mol. The van der Waals surface area contributed by atoms with Crippen molar-refractivity contribution in [1.29, 1.82) is 0 Å². The lowest BCUT2D eigenvalue weighted by molar-refractivity contribution is 0.414. The molecule has 0 aliphatic heterocycles. The molecule has 0 radical (unpaired) electrons. The zero-order chi connectivity index (χ0) is 21.1. The van der Waals surface area contributed by atoms with Crippen LogP contribution >= 0.6 is 15.9 Å². The first-order valence-electron chi connectivity index (χ1n) is 9.47. The number of ether oxygens (including phenoxy) is 1. The molecule has 0 aliphatic rings. The van der Waals surface area contributed by atoms with Crippen molar-refractivity contribution in [3.8, 4) is 5.75 Å². The molecule has 0 saturated heterocycles. The number of anilines is 1. The molecule has 6 nitrogen and oxygen atoms in total. The van der Waals surface area contributed by atoms with Crippen molar-refractivity contribution in [2.45, 2.75) is 26.2 Å². The van der Waals surface area contributed by atoms with Gasteiger partial charge in [-0.1, -0.05) is 29.8 Å². The summed E-state index contributed by atoms with van der Waals surface area (Å²) >= 11 is 3.43. The normalized spacial score (nSPS) is 12.5. The Morgan fingerprint density at radius 1 is 1.28 bits per heavy atom. The summed E-state index contributed by atoms with van der Waals surface area (Å²) in [6.45, 7) is 4.12. The van der Waals surface area contributed by atoms with Crippen LogP contribution in [-0.4, -0.2) is 37.1 Å². The standard InChI is InChI=1S/C22H25BrN4O2/c1-6-14(2)21-25-19-10-8-16(23)11-18(19)22(28)27(21)24-13-15-7-9-17(26(3)4)12-20(15)29-5/h7-14H,6H2,1-5H3/t14-/m0/s1. The van der Waals surface area contributed by atoms with Crippen molar-refractivity contribution in [3.63, 3.8) is 0 Å². The van der Waals surface area contributed by atoms with Gasteiger partial charge in [-0.05, 0) is 36.8 Å². The quantitative estimate of drug-likeness (QED) is 0.507. The summed E-state index contributed by atoms with van der Waals surface area (Å²) in [6, 6.07) is 11.4. The van der Waals surface area contributed by atoms with E-state index in [1.165, 1.54) is 4.68 Å². The Kier molecular flexibility index (Phi) is 6.37. The highest BCUT2D eigenvalue weighted by atomic mass is 79.9. The number of methoxy groups -OCH3 is 1. The summed E-state index contributed by atoms with van der Waals surface area (Å²) in [5.41, 5.74) is 2.29. The second kappa shape index (κ2) is 8.78. The molecule has 0 bridgehead atoms. The Morgan fingerprint density at radius 2 is 2.03 bits per heavy atom. The van der Waals surface area contributed by atoms with Crippen molar-refractivity contribution >= 4 is 38.7 Å². The van der Waals surface area contributed by atoms with E-state index in [0.29, 0.717) is 22.5 Å². The number of hydrogen-bond acceptors (Lipinski definition) is 5. The molecule has 1 aromatic heterocycles. The maximum atomic E-state index is 13.2. The number of benzene rings is 2. The number of halogens is 1. The minimum absolute atomic E-state index is 0.0888. The van der Waals surface area contributed by atoms with Gasteiger partial charge in [-0.3, -0.25) is 4.79 Å². The topological polar surface area (TPSA) is 59.7 Å². The van der Waals surface area contributed by atoms with Crippen LogP contribution in [0.3, 0.4) is 0 Å². The van der Waals surface area contributed by atoms with Crippen molar-refractivity contribution in [3.05, 3.63) is 62.6 Å². The summed E-state index contributed by atoms with van der Waals surface area (Å²) < 4.78 is 7.75. The van der Waals surface area contributed by atoms with Gasteiger partial charge < -0.3 is 9.64 Å². The average molecular weight is 457 g/mol. The van der Waals surface area contributed by atoms with E-state index in [1.54, 1.807) is 19.4 Å². The predicted octanol–water partition coefficient (Wildman–Crippen LogP) is 4.63. The van der Waals surface area contributed by atoms with Crippen molar-refractivity contribution in [2.75, 3.05) is 26.1 Å². The van der Waals surface area contributed by atoms with Crippen molar-refractivity contribution in [2.24, 2.45) is 5.10 Å². The summed E-state index contributed by atoms with van der Waals surface area (Å²) in [7, 11) is 5.57. The molecule has 0 spiro atoms. The van der Waals surface area contributed by atoms with Crippen molar-refractivity contribution < 1.29 is 4.74 Å². The number of fused-ring (bicyclic) bond motifs is 1. The number of aromatic nitrogens is 2. The van der Waals surface area contributed by atoms with E-state index >= 15 is 0 Å². The molecule has 0 N–H and O–H groups in total. The van der Waals surface area contributed by atoms with Crippen molar-refractivity contribution in [1.82, 2.24) is 9.66 Å². The Balaban J connectivity index is 2.16. The van der Waals surface area contributed by atoms with Gasteiger partial charge in [0.1, 0.15) is 11.6 Å². The van der Waals surface area contributed by atoms with Gasteiger partial charge >= 0.3 is 0 Å². The Hall–Kier alpha value is -2.67. The molecule has 0 amide bonds. The lowest BCUT2D eigenvalue weighted by atomic mass is 10.1. The summed E-state index contributed by atoms with van der Waals surface area (Å²) in [4.78, 5) is 19.9. The molecule has 0 aliphatic carbocycles. The van der Waals surface area contributed by atoms with Crippen LogP contribution in [0.15, 0.2) is 50.8 Å². The second-order valence-corrected chi connectivity index (χ2v) is 8.04. The largest absolute Gasteiger partial charge is 0.496 e. The number of nitrogens with zero attached hydrogens (tertiary/aromatic N) is 4. The van der Waals surface area contributed by atoms with Gasteiger partial charge in [0.15, 0.2) is 0 Å². The fraction of sp³-hybridized carbons (Fsp3) is 0.318. The van der Waals surface area contributed by atoms with Crippen LogP contribution < -0.4 is 15.2 Å². The molecule has 0 saturated carbocycles. The van der Waals surface area contributed by atoms with E-state index in [4.69, 9.17) is 9.72 Å². The molecular formula is C22H25BrN4O2. The minimum Gasteiger partial charge on any atom is -0.496 e. The summed E-state index contributed by atoms with van der Waals surface area (Å²) in [6.07, 6.45) is 2.50. The Labute approximate surface area is 179 Å². The van der Waals surface area contributed by atoms with Gasteiger partial charge in [0.25, 0.3) is 5.56 Å². The van der Waals surface area contributed by atoms with Gasteiger partial charge in [0, 0.05) is 41.8 Å². The molecule has 2 aromatic carbocycles. The third-order valence-electron chi connectivity index (χ3n) is 4.93. The molecule has 7 heteroatoms. The first-order valence-corrected chi connectivity index (χ1v) is 10.3. The molecule has 3 rings (SSSR count). The molecule has 0 fully saturated rings. The van der Waals surface area contributed by atoms with E-state index in [9.17, 15) is 4.79 Å². The maximum absolute atomic E-state index is 13.2. The van der Waals surface area contributed by atoms with Crippen LogP contribution in [0.4, 0.5) is 5.69 Å². The molecule has 152 valence electrons. The third kappa shape index (κ3) is 4.34. The van der Waals surface area contributed by atoms with Crippen LogP contribution in [0, 0.1) is 0 Å².